The summed E-state index contributed by atoms with van der Waals surface area (Å²) in [6, 6.07) is 0. The molecule has 4 nitrogen and oxygen atoms in total. The lowest BCUT2D eigenvalue weighted by atomic mass is 10.0. The van der Waals surface area contributed by atoms with Crippen LogP contribution in [0.4, 0.5) is 0 Å². The molecule has 98 valence electrons. The molecule has 0 saturated heterocycles. The molecule has 0 radical (unpaired) electrons. The monoisotopic (exact) mass is 252 g/mol. The molecule has 0 aliphatic rings. The molecule has 2 unspecified atom stereocenters. The molecule has 0 bridgehead atoms. The van der Waals surface area contributed by atoms with E-state index in [4.69, 9.17) is 4.55 Å². The van der Waals surface area contributed by atoms with Crippen LogP contribution in [0.2, 0.25) is 0 Å². The standard InChI is InChI=1S/C11H24O4S/c1-3-5-6-7-9-11(16(13,14)15)10(12)8-4-2/h10-12H,3-9H2,1-2H3,(H,13,14,15). The minimum absolute atomic E-state index is 0.347. The summed E-state index contributed by atoms with van der Waals surface area (Å²) in [6.07, 6.45) is 4.35. The third kappa shape index (κ3) is 6.45. The number of hydrogen-bond acceptors (Lipinski definition) is 3. The number of aliphatic hydroxyl groups excluding tert-OH is 1. The van der Waals surface area contributed by atoms with Gasteiger partial charge < -0.3 is 5.11 Å². The Morgan fingerprint density at radius 1 is 1.00 bits per heavy atom. The summed E-state index contributed by atoms with van der Waals surface area (Å²) >= 11 is 0. The van der Waals surface area contributed by atoms with Crippen LogP contribution in [-0.4, -0.2) is 29.4 Å². The van der Waals surface area contributed by atoms with Gasteiger partial charge in [-0.15, -0.1) is 0 Å². The van der Waals surface area contributed by atoms with Crippen LogP contribution in [0.15, 0.2) is 0 Å². The summed E-state index contributed by atoms with van der Waals surface area (Å²) in [4.78, 5) is 0. The van der Waals surface area contributed by atoms with Crippen molar-refractivity contribution in [2.75, 3.05) is 0 Å². The summed E-state index contributed by atoms with van der Waals surface area (Å²) < 4.78 is 31.3. The van der Waals surface area contributed by atoms with Crippen LogP contribution >= 0.6 is 0 Å². The third-order valence-electron chi connectivity index (χ3n) is 2.74. The number of unbranched alkanes of at least 4 members (excludes halogenated alkanes) is 3. The Bertz CT molecular complexity index is 261. The van der Waals surface area contributed by atoms with Crippen LogP contribution < -0.4 is 0 Å². The normalized spacial score (nSPS) is 16.0. The first-order chi connectivity index (χ1) is 7.43. The van der Waals surface area contributed by atoms with Crippen LogP contribution in [0.5, 0.6) is 0 Å². The van der Waals surface area contributed by atoms with E-state index >= 15 is 0 Å². The Morgan fingerprint density at radius 3 is 2.06 bits per heavy atom. The molecule has 0 aliphatic carbocycles. The SMILES string of the molecule is CCCCCCC(C(O)CCC)S(=O)(=O)O. The Balaban J connectivity index is 4.23. The van der Waals surface area contributed by atoms with Gasteiger partial charge in [0.2, 0.25) is 0 Å². The smallest absolute Gasteiger partial charge is 0.270 e. The fourth-order valence-electron chi connectivity index (χ4n) is 1.79. The van der Waals surface area contributed by atoms with Gasteiger partial charge in [0, 0.05) is 0 Å². The van der Waals surface area contributed by atoms with Crippen LogP contribution in [0.25, 0.3) is 0 Å². The number of rotatable bonds is 9. The van der Waals surface area contributed by atoms with Crippen molar-refractivity contribution in [2.24, 2.45) is 0 Å². The van der Waals surface area contributed by atoms with E-state index in [-0.39, 0.29) is 0 Å². The first-order valence-corrected chi connectivity index (χ1v) is 7.58. The van der Waals surface area contributed by atoms with Crippen LogP contribution in [0.1, 0.15) is 58.8 Å². The van der Waals surface area contributed by atoms with E-state index in [1.165, 1.54) is 0 Å². The average molecular weight is 252 g/mol. The highest BCUT2D eigenvalue weighted by molar-refractivity contribution is 7.86. The van der Waals surface area contributed by atoms with E-state index in [0.717, 1.165) is 25.7 Å². The molecule has 0 saturated carbocycles. The average Bonchev–Trinajstić information content (AvgIpc) is 2.16. The number of hydrogen-bond donors (Lipinski definition) is 2. The summed E-state index contributed by atoms with van der Waals surface area (Å²) in [6.45, 7) is 3.95. The topological polar surface area (TPSA) is 74.6 Å². The van der Waals surface area contributed by atoms with Gasteiger partial charge in [0.25, 0.3) is 10.1 Å². The van der Waals surface area contributed by atoms with Gasteiger partial charge >= 0.3 is 0 Å². The molecule has 5 heteroatoms. The highest BCUT2D eigenvalue weighted by Gasteiger charge is 2.29. The maximum atomic E-state index is 11.1. The Labute approximate surface area is 98.8 Å². The zero-order chi connectivity index (χ0) is 12.6. The molecule has 2 N–H and O–H groups in total. The van der Waals surface area contributed by atoms with Crippen LogP contribution in [0, 0.1) is 0 Å². The maximum Gasteiger partial charge on any atom is 0.270 e. The molecule has 0 spiro atoms. The molecule has 0 aromatic carbocycles. The summed E-state index contributed by atoms with van der Waals surface area (Å²) in [5.74, 6) is 0. The zero-order valence-corrected chi connectivity index (χ0v) is 11.0. The molecule has 0 rings (SSSR count). The Hall–Kier alpha value is -0.130. The first kappa shape index (κ1) is 15.9. The second-order valence-electron chi connectivity index (χ2n) is 4.26. The predicted octanol–water partition coefficient (Wildman–Crippen LogP) is 2.37. The van der Waals surface area contributed by atoms with Gasteiger partial charge in [-0.3, -0.25) is 4.55 Å². The van der Waals surface area contributed by atoms with Crippen LogP contribution in [-0.2, 0) is 10.1 Å². The minimum Gasteiger partial charge on any atom is -0.392 e. The van der Waals surface area contributed by atoms with E-state index < -0.39 is 21.5 Å². The number of aliphatic hydroxyl groups is 1. The van der Waals surface area contributed by atoms with Gasteiger partial charge in [-0.05, 0) is 12.8 Å². The van der Waals surface area contributed by atoms with Crippen molar-refractivity contribution in [3.8, 4) is 0 Å². The summed E-state index contributed by atoms with van der Waals surface area (Å²) in [5, 5.41) is 8.65. The van der Waals surface area contributed by atoms with E-state index in [1.807, 2.05) is 6.92 Å². The molecule has 0 aromatic heterocycles. The first-order valence-electron chi connectivity index (χ1n) is 6.07. The van der Waals surface area contributed by atoms with Gasteiger partial charge in [0.1, 0.15) is 5.25 Å². The van der Waals surface area contributed by atoms with Crippen LogP contribution in [0.3, 0.4) is 0 Å². The maximum absolute atomic E-state index is 11.1. The molecular weight excluding hydrogens is 228 g/mol. The Kier molecular flexibility index (Phi) is 7.97. The molecule has 16 heavy (non-hydrogen) atoms. The van der Waals surface area contributed by atoms with Crippen molar-refractivity contribution >= 4 is 10.1 Å². The molecule has 2 atom stereocenters. The predicted molar refractivity (Wildman–Crippen MR) is 65.0 cm³/mol. The van der Waals surface area contributed by atoms with E-state index in [0.29, 0.717) is 19.3 Å². The molecular formula is C11H24O4S. The highest BCUT2D eigenvalue weighted by Crippen LogP contribution is 2.17. The minimum atomic E-state index is -4.12. The molecule has 0 amide bonds. The molecule has 0 heterocycles. The van der Waals surface area contributed by atoms with Crippen molar-refractivity contribution < 1.29 is 18.1 Å². The van der Waals surface area contributed by atoms with Crippen molar-refractivity contribution in [3.05, 3.63) is 0 Å². The Morgan fingerprint density at radius 2 is 1.62 bits per heavy atom. The fraction of sp³-hybridized carbons (Fsp3) is 1.00. The fourth-order valence-corrected chi connectivity index (χ4v) is 2.79. The molecule has 0 aliphatic heterocycles. The van der Waals surface area contributed by atoms with E-state index in [1.54, 1.807) is 0 Å². The van der Waals surface area contributed by atoms with Crippen molar-refractivity contribution in [3.63, 3.8) is 0 Å². The lowest BCUT2D eigenvalue weighted by molar-refractivity contribution is 0.149. The lowest BCUT2D eigenvalue weighted by Gasteiger charge is -2.19. The lowest BCUT2D eigenvalue weighted by Crippen LogP contribution is -2.33. The van der Waals surface area contributed by atoms with Gasteiger partial charge in [0.15, 0.2) is 0 Å². The van der Waals surface area contributed by atoms with Gasteiger partial charge in [-0.25, -0.2) is 0 Å². The van der Waals surface area contributed by atoms with Crippen molar-refractivity contribution in [1.29, 1.82) is 0 Å². The quantitative estimate of drug-likeness (QED) is 0.488. The summed E-state index contributed by atoms with van der Waals surface area (Å²) in [5.41, 5.74) is 0. The van der Waals surface area contributed by atoms with Crippen molar-refractivity contribution in [1.82, 2.24) is 0 Å². The van der Waals surface area contributed by atoms with E-state index in [2.05, 4.69) is 6.92 Å². The summed E-state index contributed by atoms with van der Waals surface area (Å²) in [7, 11) is -4.12. The van der Waals surface area contributed by atoms with Gasteiger partial charge in [-0.2, -0.15) is 8.42 Å². The third-order valence-corrected chi connectivity index (χ3v) is 4.05. The second kappa shape index (κ2) is 8.03. The molecule has 0 aromatic rings. The van der Waals surface area contributed by atoms with Gasteiger partial charge in [-0.1, -0.05) is 46.0 Å². The zero-order valence-electron chi connectivity index (χ0n) is 10.2. The second-order valence-corrected chi connectivity index (χ2v) is 5.89. The van der Waals surface area contributed by atoms with Crippen molar-refractivity contribution in [2.45, 2.75) is 70.1 Å². The largest absolute Gasteiger partial charge is 0.392 e. The van der Waals surface area contributed by atoms with Gasteiger partial charge in [0.05, 0.1) is 6.10 Å². The van der Waals surface area contributed by atoms with E-state index in [9.17, 15) is 13.5 Å². The molecule has 0 fully saturated rings. The highest BCUT2D eigenvalue weighted by atomic mass is 32.2.